The zero-order valence-corrected chi connectivity index (χ0v) is 17.5. The van der Waals surface area contributed by atoms with Crippen molar-refractivity contribution < 1.29 is 4.79 Å². The summed E-state index contributed by atoms with van der Waals surface area (Å²) in [5.74, 6) is 1.42. The fraction of sp³-hybridized carbons (Fsp3) is 0.684. The number of aromatic nitrogens is 2. The summed E-state index contributed by atoms with van der Waals surface area (Å²) >= 11 is 0. The number of amides is 1. The van der Waals surface area contributed by atoms with Crippen molar-refractivity contribution in [2.45, 2.75) is 32.7 Å². The van der Waals surface area contributed by atoms with Crippen LogP contribution in [0.15, 0.2) is 23.5 Å². The molecule has 2 heterocycles. The van der Waals surface area contributed by atoms with Gasteiger partial charge in [-0.15, -0.1) is 0 Å². The molecule has 3 N–H and O–H groups in total. The van der Waals surface area contributed by atoms with Crippen LogP contribution in [-0.4, -0.2) is 85.1 Å². The highest BCUT2D eigenvalue weighted by molar-refractivity contribution is 5.86. The molecule has 1 aromatic heterocycles. The van der Waals surface area contributed by atoms with Crippen LogP contribution in [0.1, 0.15) is 27.2 Å². The summed E-state index contributed by atoms with van der Waals surface area (Å²) in [4.78, 5) is 29.3. The Morgan fingerprint density at radius 3 is 2.43 bits per heavy atom. The van der Waals surface area contributed by atoms with E-state index >= 15 is 0 Å². The van der Waals surface area contributed by atoms with Crippen molar-refractivity contribution in [2.24, 2.45) is 4.99 Å². The monoisotopic (exact) mass is 390 g/mol. The summed E-state index contributed by atoms with van der Waals surface area (Å²) in [5, 5.41) is 9.23. The first-order valence-corrected chi connectivity index (χ1v) is 9.87. The molecule has 0 aliphatic carbocycles. The highest BCUT2D eigenvalue weighted by atomic mass is 16.2. The molecule has 0 bridgehead atoms. The van der Waals surface area contributed by atoms with Crippen molar-refractivity contribution in [3.8, 4) is 0 Å². The molecule has 1 aliphatic rings. The minimum atomic E-state index is -0.230. The average Bonchev–Trinajstić information content (AvgIpc) is 2.67. The lowest BCUT2D eigenvalue weighted by atomic mass is 10.1. The standard InChI is InChI=1S/C19H34N8O/c1-19(2,3)25-16(28)15-24-17(20-4)21-9-6-10-26-11-13-27(14-12-26)18-22-7-5-8-23-18/h5,7-8H,6,9-15H2,1-4H3,(H,25,28)(H2,20,21,24). The van der Waals surface area contributed by atoms with E-state index in [0.717, 1.165) is 51.6 Å². The van der Waals surface area contributed by atoms with Gasteiger partial charge in [0.05, 0.1) is 6.54 Å². The second-order valence-electron chi connectivity index (χ2n) is 7.88. The van der Waals surface area contributed by atoms with Crippen LogP contribution in [0.3, 0.4) is 0 Å². The summed E-state index contributed by atoms with van der Waals surface area (Å²) in [7, 11) is 1.71. The summed E-state index contributed by atoms with van der Waals surface area (Å²) in [6, 6.07) is 1.84. The first kappa shape index (κ1) is 21.9. The smallest absolute Gasteiger partial charge is 0.239 e. The Balaban J connectivity index is 1.58. The number of guanidine groups is 1. The second-order valence-corrected chi connectivity index (χ2v) is 7.88. The van der Waals surface area contributed by atoms with Gasteiger partial charge in [0.2, 0.25) is 11.9 Å². The molecule has 0 aromatic carbocycles. The van der Waals surface area contributed by atoms with Gasteiger partial charge in [0, 0.05) is 57.7 Å². The molecule has 0 radical (unpaired) electrons. The lowest BCUT2D eigenvalue weighted by Crippen LogP contribution is -2.49. The number of nitrogens with one attached hydrogen (secondary N) is 3. The Bertz CT molecular complexity index is 621. The van der Waals surface area contributed by atoms with E-state index in [1.807, 2.05) is 26.8 Å². The Morgan fingerprint density at radius 1 is 1.14 bits per heavy atom. The molecule has 0 unspecified atom stereocenters. The van der Waals surface area contributed by atoms with Gasteiger partial charge in [0.25, 0.3) is 0 Å². The summed E-state index contributed by atoms with van der Waals surface area (Å²) < 4.78 is 0. The normalized spacial score (nSPS) is 16.0. The number of hydrogen-bond acceptors (Lipinski definition) is 6. The first-order valence-electron chi connectivity index (χ1n) is 9.87. The minimum Gasteiger partial charge on any atom is -0.356 e. The number of nitrogens with zero attached hydrogens (tertiary/aromatic N) is 5. The molecule has 28 heavy (non-hydrogen) atoms. The predicted octanol–water partition coefficient (Wildman–Crippen LogP) is 0.0684. The molecule has 1 aromatic rings. The summed E-state index contributed by atoms with van der Waals surface area (Å²) in [6.45, 7) is 11.9. The van der Waals surface area contributed by atoms with E-state index in [1.165, 1.54) is 0 Å². The second kappa shape index (κ2) is 10.8. The topological polar surface area (TPSA) is 97.8 Å². The van der Waals surface area contributed by atoms with Gasteiger partial charge in [-0.05, 0) is 39.8 Å². The van der Waals surface area contributed by atoms with Crippen molar-refractivity contribution in [1.82, 2.24) is 30.8 Å². The third-order valence-electron chi connectivity index (χ3n) is 4.31. The zero-order chi connectivity index (χ0) is 20.4. The number of piperazine rings is 1. The largest absolute Gasteiger partial charge is 0.356 e. The first-order chi connectivity index (χ1) is 13.4. The lowest BCUT2D eigenvalue weighted by Gasteiger charge is -2.34. The summed E-state index contributed by atoms with van der Waals surface area (Å²) in [5.41, 5.74) is -0.230. The van der Waals surface area contributed by atoms with E-state index in [2.05, 4.69) is 40.7 Å². The van der Waals surface area contributed by atoms with Gasteiger partial charge < -0.3 is 20.9 Å². The van der Waals surface area contributed by atoms with E-state index in [4.69, 9.17) is 0 Å². The summed E-state index contributed by atoms with van der Waals surface area (Å²) in [6.07, 6.45) is 4.58. The van der Waals surface area contributed by atoms with E-state index in [0.29, 0.717) is 5.96 Å². The lowest BCUT2D eigenvalue weighted by molar-refractivity contribution is -0.121. The third kappa shape index (κ3) is 8.08. The van der Waals surface area contributed by atoms with Crippen molar-refractivity contribution in [1.29, 1.82) is 0 Å². The fourth-order valence-electron chi connectivity index (χ4n) is 2.98. The minimum absolute atomic E-state index is 0.0456. The van der Waals surface area contributed by atoms with E-state index in [9.17, 15) is 4.79 Å². The van der Waals surface area contributed by atoms with Crippen LogP contribution in [0.5, 0.6) is 0 Å². The van der Waals surface area contributed by atoms with Crippen LogP contribution >= 0.6 is 0 Å². The number of anilines is 1. The van der Waals surface area contributed by atoms with Gasteiger partial charge in [0.1, 0.15) is 0 Å². The molecule has 1 saturated heterocycles. The number of carbonyl (C=O) groups is 1. The molecule has 9 heteroatoms. The van der Waals surface area contributed by atoms with Gasteiger partial charge in [-0.2, -0.15) is 0 Å². The molecule has 1 aliphatic heterocycles. The Labute approximate surface area is 168 Å². The average molecular weight is 391 g/mol. The van der Waals surface area contributed by atoms with Crippen LogP contribution < -0.4 is 20.9 Å². The maximum Gasteiger partial charge on any atom is 0.239 e. The van der Waals surface area contributed by atoms with Crippen molar-refractivity contribution in [2.75, 3.05) is 57.8 Å². The number of hydrogen-bond donors (Lipinski definition) is 3. The molecule has 0 atom stereocenters. The van der Waals surface area contributed by atoms with Crippen LogP contribution in [0.25, 0.3) is 0 Å². The Hall–Kier alpha value is -2.42. The molecule has 1 amide bonds. The van der Waals surface area contributed by atoms with Crippen molar-refractivity contribution in [3.05, 3.63) is 18.5 Å². The van der Waals surface area contributed by atoms with Crippen LogP contribution in [0.2, 0.25) is 0 Å². The zero-order valence-electron chi connectivity index (χ0n) is 17.5. The quantitative estimate of drug-likeness (QED) is 0.344. The number of carbonyl (C=O) groups excluding carboxylic acids is 1. The highest BCUT2D eigenvalue weighted by Gasteiger charge is 2.18. The van der Waals surface area contributed by atoms with E-state index in [1.54, 1.807) is 19.4 Å². The van der Waals surface area contributed by atoms with Gasteiger partial charge in [-0.25, -0.2) is 9.97 Å². The molecule has 0 saturated carbocycles. The van der Waals surface area contributed by atoms with Gasteiger partial charge in [-0.3, -0.25) is 14.7 Å². The maximum absolute atomic E-state index is 11.9. The van der Waals surface area contributed by atoms with E-state index < -0.39 is 0 Å². The molecule has 1 fully saturated rings. The fourth-order valence-corrected chi connectivity index (χ4v) is 2.98. The highest BCUT2D eigenvalue weighted by Crippen LogP contribution is 2.09. The van der Waals surface area contributed by atoms with Crippen LogP contribution in [0.4, 0.5) is 5.95 Å². The Morgan fingerprint density at radius 2 is 1.82 bits per heavy atom. The maximum atomic E-state index is 11.9. The van der Waals surface area contributed by atoms with Crippen molar-refractivity contribution in [3.63, 3.8) is 0 Å². The van der Waals surface area contributed by atoms with Crippen molar-refractivity contribution >= 4 is 17.8 Å². The molecular weight excluding hydrogens is 356 g/mol. The molecule has 0 spiro atoms. The molecular formula is C19H34N8O. The van der Waals surface area contributed by atoms with Crippen LogP contribution in [0, 0.1) is 0 Å². The van der Waals surface area contributed by atoms with Gasteiger partial charge >= 0.3 is 0 Å². The molecule has 156 valence electrons. The Kier molecular flexibility index (Phi) is 8.43. The van der Waals surface area contributed by atoms with Gasteiger partial charge in [0.15, 0.2) is 5.96 Å². The van der Waals surface area contributed by atoms with Gasteiger partial charge in [-0.1, -0.05) is 0 Å². The SMILES string of the molecule is CN=C(NCCCN1CCN(c2ncccn2)CC1)NCC(=O)NC(C)(C)C. The molecule has 9 nitrogen and oxygen atoms in total. The third-order valence-corrected chi connectivity index (χ3v) is 4.31. The number of aliphatic imine (C=N–C) groups is 1. The van der Waals surface area contributed by atoms with Crippen LogP contribution in [-0.2, 0) is 4.79 Å². The van der Waals surface area contributed by atoms with E-state index in [-0.39, 0.29) is 18.0 Å². The predicted molar refractivity (Wildman–Crippen MR) is 113 cm³/mol. The number of rotatable bonds is 7. The molecule has 2 rings (SSSR count).